The minimum Gasteiger partial charge on any atom is -0.469 e. The quantitative estimate of drug-likeness (QED) is 0.829. The number of nitriles is 1. The van der Waals surface area contributed by atoms with Crippen LogP contribution in [0.15, 0.2) is 12.1 Å². The third-order valence-electron chi connectivity index (χ3n) is 2.50. The average Bonchev–Trinajstić information content (AvgIpc) is 2.37. The van der Waals surface area contributed by atoms with Gasteiger partial charge in [-0.15, -0.1) is 0 Å². The second-order valence-corrected chi connectivity index (χ2v) is 3.58. The number of benzene rings is 1. The molecule has 0 aliphatic heterocycles. The Morgan fingerprint density at radius 2 is 2.17 bits per heavy atom. The summed E-state index contributed by atoms with van der Waals surface area (Å²) < 4.78 is 30.1. The van der Waals surface area contributed by atoms with Crippen LogP contribution in [0.1, 0.15) is 28.7 Å². The largest absolute Gasteiger partial charge is 0.469 e. The first-order valence-corrected chi connectivity index (χ1v) is 5.14. The van der Waals surface area contributed by atoms with Crippen LogP contribution in [0.3, 0.4) is 0 Å². The third kappa shape index (κ3) is 3.02. The summed E-state index contributed by atoms with van der Waals surface area (Å²) in [6, 6.07) is 4.24. The minimum atomic E-state index is -2.76. The van der Waals surface area contributed by atoms with Gasteiger partial charge < -0.3 is 10.5 Å². The summed E-state index contributed by atoms with van der Waals surface area (Å²) in [7, 11) is 1.18. The molecule has 0 bridgehead atoms. The monoisotopic (exact) mass is 254 g/mol. The fraction of sp³-hybridized carbons (Fsp3) is 0.333. The van der Waals surface area contributed by atoms with Crippen LogP contribution in [-0.2, 0) is 22.5 Å². The normalized spacial score (nSPS) is 10.2. The summed E-state index contributed by atoms with van der Waals surface area (Å²) >= 11 is 0. The molecule has 2 N–H and O–H groups in total. The number of hydrogen-bond acceptors (Lipinski definition) is 4. The minimum absolute atomic E-state index is 0.0422. The summed E-state index contributed by atoms with van der Waals surface area (Å²) in [5.41, 5.74) is 5.76. The predicted octanol–water partition coefficient (Wildman–Crippen LogP) is 1.67. The zero-order valence-electron chi connectivity index (χ0n) is 9.74. The molecule has 0 unspecified atom stereocenters. The van der Waals surface area contributed by atoms with Crippen molar-refractivity contribution in [2.75, 3.05) is 7.11 Å². The first-order valence-electron chi connectivity index (χ1n) is 5.14. The Kier molecular flexibility index (Phi) is 4.75. The van der Waals surface area contributed by atoms with Crippen LogP contribution in [0.2, 0.25) is 0 Å². The third-order valence-corrected chi connectivity index (χ3v) is 2.50. The number of hydrogen-bond donors (Lipinski definition) is 1. The Balaban J connectivity index is 3.30. The molecule has 1 aromatic carbocycles. The van der Waals surface area contributed by atoms with E-state index in [9.17, 15) is 13.6 Å². The highest BCUT2D eigenvalue weighted by Crippen LogP contribution is 2.27. The van der Waals surface area contributed by atoms with Gasteiger partial charge in [-0.25, -0.2) is 8.78 Å². The summed E-state index contributed by atoms with van der Waals surface area (Å²) in [5, 5.41) is 8.83. The number of nitrogens with zero attached hydrogens (tertiary/aromatic N) is 1. The van der Waals surface area contributed by atoms with Gasteiger partial charge in [0.05, 0.1) is 25.2 Å². The zero-order chi connectivity index (χ0) is 13.7. The van der Waals surface area contributed by atoms with Crippen LogP contribution in [0.25, 0.3) is 0 Å². The maximum Gasteiger partial charge on any atom is 0.309 e. The van der Waals surface area contributed by atoms with Gasteiger partial charge in [-0.05, 0) is 17.2 Å². The first kappa shape index (κ1) is 14.1. The fourth-order valence-electron chi connectivity index (χ4n) is 1.57. The number of rotatable bonds is 4. The van der Waals surface area contributed by atoms with Crippen LogP contribution in [0.4, 0.5) is 8.78 Å². The number of carbonyl (C=O) groups excluding carboxylic acids is 1. The topological polar surface area (TPSA) is 76.1 Å². The molecule has 0 aromatic heterocycles. The van der Waals surface area contributed by atoms with Gasteiger partial charge in [-0.1, -0.05) is 6.07 Å². The number of nitrogens with two attached hydrogens (primary N) is 1. The molecule has 1 rings (SSSR count). The highest BCUT2D eigenvalue weighted by molar-refractivity contribution is 5.73. The van der Waals surface area contributed by atoms with Crippen molar-refractivity contribution in [3.8, 4) is 6.07 Å². The molecular weight excluding hydrogens is 242 g/mol. The van der Waals surface area contributed by atoms with Crippen molar-refractivity contribution in [2.45, 2.75) is 19.4 Å². The van der Waals surface area contributed by atoms with E-state index in [-0.39, 0.29) is 29.7 Å². The van der Waals surface area contributed by atoms with Crippen molar-refractivity contribution in [3.63, 3.8) is 0 Å². The maximum absolute atomic E-state index is 12.8. The highest BCUT2D eigenvalue weighted by atomic mass is 19.3. The number of ether oxygens (including phenoxy) is 1. The molecule has 0 heterocycles. The Labute approximate surface area is 103 Å². The number of alkyl halides is 2. The maximum atomic E-state index is 12.8. The van der Waals surface area contributed by atoms with Crippen molar-refractivity contribution in [2.24, 2.45) is 5.73 Å². The number of esters is 1. The van der Waals surface area contributed by atoms with Crippen molar-refractivity contribution in [1.82, 2.24) is 0 Å². The van der Waals surface area contributed by atoms with Gasteiger partial charge in [0.1, 0.15) is 0 Å². The van der Waals surface area contributed by atoms with Gasteiger partial charge in [0.25, 0.3) is 6.43 Å². The van der Waals surface area contributed by atoms with Crippen molar-refractivity contribution >= 4 is 5.97 Å². The van der Waals surface area contributed by atoms with E-state index >= 15 is 0 Å². The molecule has 18 heavy (non-hydrogen) atoms. The SMILES string of the molecule is COC(=O)Cc1cc(CN)c(C#N)cc1C(F)F. The van der Waals surface area contributed by atoms with E-state index < -0.39 is 12.4 Å². The van der Waals surface area contributed by atoms with E-state index in [1.807, 2.05) is 0 Å². The molecule has 1 aromatic rings. The molecule has 0 amide bonds. The summed E-state index contributed by atoms with van der Waals surface area (Å²) in [4.78, 5) is 11.1. The van der Waals surface area contributed by atoms with Gasteiger partial charge >= 0.3 is 5.97 Å². The lowest BCUT2D eigenvalue weighted by molar-refractivity contribution is -0.139. The van der Waals surface area contributed by atoms with Crippen molar-refractivity contribution in [3.05, 3.63) is 34.4 Å². The molecule has 0 fully saturated rings. The van der Waals surface area contributed by atoms with E-state index in [4.69, 9.17) is 11.0 Å². The van der Waals surface area contributed by atoms with E-state index in [1.165, 1.54) is 13.2 Å². The second-order valence-electron chi connectivity index (χ2n) is 3.58. The van der Waals surface area contributed by atoms with Gasteiger partial charge in [-0.3, -0.25) is 4.79 Å². The molecule has 0 aliphatic rings. The van der Waals surface area contributed by atoms with Crippen LogP contribution >= 0.6 is 0 Å². The molecule has 4 nitrogen and oxygen atoms in total. The molecule has 0 radical (unpaired) electrons. The Morgan fingerprint density at radius 3 is 2.61 bits per heavy atom. The fourth-order valence-corrected chi connectivity index (χ4v) is 1.57. The van der Waals surface area contributed by atoms with Gasteiger partial charge in [0.2, 0.25) is 0 Å². The zero-order valence-corrected chi connectivity index (χ0v) is 9.74. The van der Waals surface area contributed by atoms with Crippen molar-refractivity contribution in [1.29, 1.82) is 5.26 Å². The van der Waals surface area contributed by atoms with E-state index in [0.29, 0.717) is 5.56 Å². The molecule has 0 atom stereocenters. The van der Waals surface area contributed by atoms with Crippen LogP contribution < -0.4 is 5.73 Å². The van der Waals surface area contributed by atoms with E-state index in [0.717, 1.165) is 6.07 Å². The molecule has 96 valence electrons. The standard InChI is InChI=1S/C12H12F2N2O2/c1-18-11(17)4-7-2-8(5-15)9(6-16)3-10(7)12(13)14/h2-3,12H,4-5,15H2,1H3. The molecule has 0 saturated heterocycles. The first-order chi connectivity index (χ1) is 8.53. The van der Waals surface area contributed by atoms with Crippen LogP contribution in [0.5, 0.6) is 0 Å². The van der Waals surface area contributed by atoms with Gasteiger partial charge in [-0.2, -0.15) is 5.26 Å². The number of methoxy groups -OCH3 is 1. The summed E-state index contributed by atoms with van der Waals surface area (Å²) in [5.74, 6) is -0.621. The Morgan fingerprint density at radius 1 is 1.50 bits per heavy atom. The van der Waals surface area contributed by atoms with Crippen LogP contribution in [-0.4, -0.2) is 13.1 Å². The Hall–Kier alpha value is -2.00. The molecule has 6 heteroatoms. The predicted molar refractivity (Wildman–Crippen MR) is 59.7 cm³/mol. The van der Waals surface area contributed by atoms with Crippen LogP contribution in [0, 0.1) is 11.3 Å². The van der Waals surface area contributed by atoms with E-state index in [2.05, 4.69) is 4.74 Å². The molecule has 0 aliphatic carbocycles. The molecular formula is C12H12F2N2O2. The highest BCUT2D eigenvalue weighted by Gasteiger charge is 2.18. The van der Waals surface area contributed by atoms with Gasteiger partial charge in [0, 0.05) is 12.1 Å². The average molecular weight is 254 g/mol. The lowest BCUT2D eigenvalue weighted by Crippen LogP contribution is -2.10. The van der Waals surface area contributed by atoms with Crippen molar-refractivity contribution < 1.29 is 18.3 Å². The Bertz CT molecular complexity index is 496. The number of halogens is 2. The summed E-state index contributed by atoms with van der Waals surface area (Å²) in [6.45, 7) is 0.0422. The molecule has 0 spiro atoms. The van der Waals surface area contributed by atoms with Gasteiger partial charge in [0.15, 0.2) is 0 Å². The number of carbonyl (C=O) groups is 1. The van der Waals surface area contributed by atoms with E-state index in [1.54, 1.807) is 6.07 Å². The second kappa shape index (κ2) is 6.07. The lowest BCUT2D eigenvalue weighted by Gasteiger charge is -2.11. The molecule has 0 saturated carbocycles. The lowest BCUT2D eigenvalue weighted by atomic mass is 9.97. The summed E-state index contributed by atoms with van der Waals surface area (Å²) in [6.07, 6.45) is -3.03. The smallest absolute Gasteiger partial charge is 0.309 e.